The lowest BCUT2D eigenvalue weighted by atomic mass is 10.4. The molecule has 5 nitrogen and oxygen atoms in total. The van der Waals surface area contributed by atoms with Gasteiger partial charge in [-0.3, -0.25) is 0 Å². The first-order chi connectivity index (χ1) is 7.08. The maximum Gasteiger partial charge on any atom is 0.208 e. The molecule has 1 rings (SSSR count). The molecule has 0 saturated heterocycles. The lowest BCUT2D eigenvalue weighted by molar-refractivity contribution is 0.578. The van der Waals surface area contributed by atoms with E-state index in [0.717, 1.165) is 31.5 Å². The highest BCUT2D eigenvalue weighted by Gasteiger charge is 1.98. The predicted octanol–water partition coefficient (Wildman–Crippen LogP) is 0.172. The van der Waals surface area contributed by atoms with Crippen LogP contribution in [0.2, 0.25) is 0 Å². The van der Waals surface area contributed by atoms with Gasteiger partial charge in [-0.25, -0.2) is 18.1 Å². The first-order valence-corrected chi connectivity index (χ1v) is 7.44. The normalized spacial score (nSPS) is 11.8. The van der Waals surface area contributed by atoms with Crippen LogP contribution in [0.15, 0.2) is 10.9 Å². The minimum Gasteiger partial charge on any atom is -0.311 e. The van der Waals surface area contributed by atoms with Gasteiger partial charge in [0, 0.05) is 18.5 Å². The highest BCUT2D eigenvalue weighted by Crippen LogP contribution is 1.99. The second-order valence-electron chi connectivity index (χ2n) is 3.18. The van der Waals surface area contributed by atoms with E-state index in [9.17, 15) is 8.42 Å². The zero-order valence-electron chi connectivity index (χ0n) is 8.56. The number of hydrogen-bond acceptors (Lipinski definition) is 5. The zero-order valence-corrected chi connectivity index (χ0v) is 10.2. The molecule has 1 aromatic heterocycles. The molecular formula is C8H15N3O2S2. The molecule has 0 aliphatic rings. The van der Waals surface area contributed by atoms with Gasteiger partial charge < -0.3 is 5.32 Å². The van der Waals surface area contributed by atoms with Crippen molar-refractivity contribution in [3.63, 3.8) is 0 Å². The standard InChI is InChI=1S/C8H15N3O2S2/c1-15(12,13)11-4-2-3-9-5-8-6-14-7-10-8/h6-7,9,11H,2-5H2,1H3. The molecule has 0 unspecified atom stereocenters. The summed E-state index contributed by atoms with van der Waals surface area (Å²) in [5.74, 6) is 0. The summed E-state index contributed by atoms with van der Waals surface area (Å²) in [5, 5.41) is 5.17. The van der Waals surface area contributed by atoms with Gasteiger partial charge in [0.25, 0.3) is 0 Å². The third-order valence-electron chi connectivity index (χ3n) is 1.68. The molecule has 0 spiro atoms. The lowest BCUT2D eigenvalue weighted by Gasteiger charge is -2.03. The molecule has 7 heteroatoms. The fourth-order valence-electron chi connectivity index (χ4n) is 1.01. The van der Waals surface area contributed by atoms with Crippen LogP contribution in [0.25, 0.3) is 0 Å². The molecule has 0 aromatic carbocycles. The lowest BCUT2D eigenvalue weighted by Crippen LogP contribution is -2.26. The number of rotatable bonds is 7. The molecule has 86 valence electrons. The van der Waals surface area contributed by atoms with Crippen molar-refractivity contribution in [1.29, 1.82) is 0 Å². The second-order valence-corrected chi connectivity index (χ2v) is 5.73. The summed E-state index contributed by atoms with van der Waals surface area (Å²) in [6.45, 7) is 1.99. The molecule has 0 amide bonds. The van der Waals surface area contributed by atoms with Crippen LogP contribution in [0.1, 0.15) is 12.1 Å². The Hall–Kier alpha value is -0.500. The van der Waals surface area contributed by atoms with Crippen molar-refractivity contribution in [2.75, 3.05) is 19.3 Å². The maximum absolute atomic E-state index is 10.7. The van der Waals surface area contributed by atoms with Crippen LogP contribution in [-0.4, -0.2) is 32.7 Å². The topological polar surface area (TPSA) is 71.1 Å². The van der Waals surface area contributed by atoms with Crippen LogP contribution in [0, 0.1) is 0 Å². The van der Waals surface area contributed by atoms with Gasteiger partial charge in [-0.1, -0.05) is 0 Å². The summed E-state index contributed by atoms with van der Waals surface area (Å²) in [6.07, 6.45) is 1.94. The summed E-state index contributed by atoms with van der Waals surface area (Å²) >= 11 is 1.57. The van der Waals surface area contributed by atoms with Crippen molar-refractivity contribution in [3.05, 3.63) is 16.6 Å². The van der Waals surface area contributed by atoms with Gasteiger partial charge in [0.05, 0.1) is 17.5 Å². The van der Waals surface area contributed by atoms with E-state index in [1.165, 1.54) is 0 Å². The van der Waals surface area contributed by atoms with Crippen molar-refractivity contribution in [1.82, 2.24) is 15.0 Å². The van der Waals surface area contributed by atoms with Crippen molar-refractivity contribution >= 4 is 21.4 Å². The van der Waals surface area contributed by atoms with E-state index in [4.69, 9.17) is 0 Å². The molecule has 0 bridgehead atoms. The average molecular weight is 249 g/mol. The Labute approximate surface area is 94.0 Å². The molecule has 0 aliphatic carbocycles. The van der Waals surface area contributed by atoms with E-state index < -0.39 is 10.0 Å². The minimum absolute atomic E-state index is 0.475. The van der Waals surface area contributed by atoms with Gasteiger partial charge in [0.2, 0.25) is 10.0 Å². The summed E-state index contributed by atoms with van der Waals surface area (Å²) in [4.78, 5) is 4.12. The number of sulfonamides is 1. The highest BCUT2D eigenvalue weighted by molar-refractivity contribution is 7.88. The molecule has 0 radical (unpaired) electrons. The second kappa shape index (κ2) is 6.16. The predicted molar refractivity (Wildman–Crippen MR) is 61.3 cm³/mol. The van der Waals surface area contributed by atoms with Gasteiger partial charge in [-0.15, -0.1) is 11.3 Å². The monoisotopic (exact) mass is 249 g/mol. The SMILES string of the molecule is CS(=O)(=O)NCCCNCc1cscn1. The fourth-order valence-corrected chi connectivity index (χ4v) is 2.09. The van der Waals surface area contributed by atoms with Crippen molar-refractivity contribution in [2.24, 2.45) is 0 Å². The number of thiazole rings is 1. The summed E-state index contributed by atoms with van der Waals surface area (Å²) in [5.41, 5.74) is 2.82. The fraction of sp³-hybridized carbons (Fsp3) is 0.625. The Morgan fingerprint density at radius 2 is 2.27 bits per heavy atom. The Kier molecular flexibility index (Phi) is 5.16. The number of hydrogen-bond donors (Lipinski definition) is 2. The first-order valence-electron chi connectivity index (χ1n) is 4.60. The third-order valence-corrected chi connectivity index (χ3v) is 3.05. The van der Waals surface area contributed by atoms with Crippen molar-refractivity contribution < 1.29 is 8.42 Å². The minimum atomic E-state index is -3.04. The van der Waals surface area contributed by atoms with Gasteiger partial charge >= 0.3 is 0 Å². The molecule has 15 heavy (non-hydrogen) atoms. The van der Waals surface area contributed by atoms with E-state index in [0.29, 0.717) is 6.54 Å². The molecule has 0 aliphatic heterocycles. The summed E-state index contributed by atoms with van der Waals surface area (Å²) < 4.78 is 23.9. The van der Waals surface area contributed by atoms with Crippen molar-refractivity contribution in [3.8, 4) is 0 Å². The van der Waals surface area contributed by atoms with Crippen LogP contribution in [-0.2, 0) is 16.6 Å². The Morgan fingerprint density at radius 1 is 1.47 bits per heavy atom. The van der Waals surface area contributed by atoms with Gasteiger partial charge in [-0.05, 0) is 13.0 Å². The number of nitrogens with one attached hydrogen (secondary N) is 2. The highest BCUT2D eigenvalue weighted by atomic mass is 32.2. The van der Waals surface area contributed by atoms with E-state index in [1.54, 1.807) is 16.8 Å². The van der Waals surface area contributed by atoms with E-state index >= 15 is 0 Å². The quantitative estimate of drug-likeness (QED) is 0.676. The van der Waals surface area contributed by atoms with Gasteiger partial charge in [0.1, 0.15) is 0 Å². The van der Waals surface area contributed by atoms with Crippen LogP contribution >= 0.6 is 11.3 Å². The largest absolute Gasteiger partial charge is 0.311 e. The summed E-state index contributed by atoms with van der Waals surface area (Å²) in [7, 11) is -3.04. The molecule has 0 saturated carbocycles. The Balaban J connectivity index is 1.99. The Morgan fingerprint density at radius 3 is 2.87 bits per heavy atom. The third kappa shape index (κ3) is 6.56. The van der Waals surface area contributed by atoms with E-state index in [1.807, 2.05) is 5.38 Å². The van der Waals surface area contributed by atoms with Gasteiger partial charge in [0.15, 0.2) is 0 Å². The Bertz CT molecular complexity index is 361. The average Bonchev–Trinajstić information content (AvgIpc) is 2.61. The maximum atomic E-state index is 10.7. The van der Waals surface area contributed by atoms with Crippen molar-refractivity contribution in [2.45, 2.75) is 13.0 Å². The summed E-state index contributed by atoms with van der Waals surface area (Å²) in [6, 6.07) is 0. The van der Waals surface area contributed by atoms with E-state index in [-0.39, 0.29) is 0 Å². The van der Waals surface area contributed by atoms with Gasteiger partial charge in [-0.2, -0.15) is 0 Å². The smallest absolute Gasteiger partial charge is 0.208 e. The van der Waals surface area contributed by atoms with Crippen LogP contribution < -0.4 is 10.0 Å². The molecule has 0 atom stereocenters. The van der Waals surface area contributed by atoms with Crippen LogP contribution in [0.3, 0.4) is 0 Å². The molecular weight excluding hydrogens is 234 g/mol. The molecule has 1 heterocycles. The molecule has 2 N–H and O–H groups in total. The number of nitrogens with zero attached hydrogens (tertiary/aromatic N) is 1. The zero-order chi connectivity index (χ0) is 11.1. The first kappa shape index (κ1) is 12.6. The molecule has 0 fully saturated rings. The van der Waals surface area contributed by atoms with Crippen LogP contribution in [0.5, 0.6) is 0 Å². The number of aromatic nitrogens is 1. The van der Waals surface area contributed by atoms with Crippen LogP contribution in [0.4, 0.5) is 0 Å². The molecule has 1 aromatic rings. The van der Waals surface area contributed by atoms with E-state index in [2.05, 4.69) is 15.0 Å².